The zero-order chi connectivity index (χ0) is 47.3. The first-order valence-corrected chi connectivity index (χ1v) is 23.4. The number of halogens is 1. The van der Waals surface area contributed by atoms with Crippen LogP contribution in [0.25, 0.3) is 0 Å². The number of para-hydroxylation sites is 1. The molecular formula is C52H61ClN2O8S. The Hall–Kier alpha value is -5.65. The minimum absolute atomic E-state index is 0.0185. The molecule has 0 aromatic heterocycles. The standard InChI is InChI=1S/C52H61ClN2O8S/c1-11-50(7,8)40-32-41(51(9,10)12-2)44(31-39(40)45(46(56)49(4,5)6)47(57)55-35-22-18-15-19-23-35)63-52(13-3,48(54)58)62-43-29-28-38(30-42(43)53)64(59,60)37-26-24-36(25-27-37)61-33-34-20-16-14-17-21-34/h14-32,45H,11-13,33H2,1-10H3,(H2,54,58)(H,55,57). The van der Waals surface area contributed by atoms with E-state index < -0.39 is 49.6 Å². The van der Waals surface area contributed by atoms with Crippen molar-refractivity contribution in [3.8, 4) is 17.2 Å². The molecular weight excluding hydrogens is 848 g/mol. The number of hydrogen-bond acceptors (Lipinski definition) is 8. The minimum Gasteiger partial charge on any atom is -0.489 e. The van der Waals surface area contributed by atoms with Crippen LogP contribution in [0, 0.1) is 5.41 Å². The van der Waals surface area contributed by atoms with Crippen LogP contribution in [-0.4, -0.2) is 31.8 Å². The lowest BCUT2D eigenvalue weighted by atomic mass is 9.70. The number of Topliss-reactive ketones (excluding diaryl/α,β-unsaturated/α-hetero) is 1. The van der Waals surface area contributed by atoms with Gasteiger partial charge in [-0.2, -0.15) is 0 Å². The van der Waals surface area contributed by atoms with E-state index in [0.29, 0.717) is 42.0 Å². The summed E-state index contributed by atoms with van der Waals surface area (Å²) in [6.45, 7) is 19.6. The molecule has 5 aromatic carbocycles. The average Bonchev–Trinajstić information content (AvgIpc) is 3.26. The highest BCUT2D eigenvalue weighted by Crippen LogP contribution is 2.46. The van der Waals surface area contributed by atoms with E-state index in [0.717, 1.165) is 11.1 Å². The quantitative estimate of drug-likeness (QED) is 0.0614. The lowest BCUT2D eigenvalue weighted by Crippen LogP contribution is -2.53. The SMILES string of the molecule is CCC(Oc1ccc(S(=O)(=O)c2ccc(OCc3ccccc3)cc2)cc1Cl)(Oc1cc(C(C(=O)Nc2ccccc2)C(=O)C(C)(C)C)c(C(C)(C)CC)cc1C(C)(C)CC)C(N)=O. The molecule has 2 amide bonds. The zero-order valence-corrected chi connectivity index (χ0v) is 40.1. The van der Waals surface area contributed by atoms with Gasteiger partial charge in [0.25, 0.3) is 0 Å². The Morgan fingerprint density at radius 3 is 1.75 bits per heavy atom. The van der Waals surface area contributed by atoms with Gasteiger partial charge in [0.1, 0.15) is 29.8 Å². The van der Waals surface area contributed by atoms with Crippen LogP contribution in [0.3, 0.4) is 0 Å². The van der Waals surface area contributed by atoms with Crippen molar-refractivity contribution in [2.75, 3.05) is 5.32 Å². The molecule has 0 spiro atoms. The van der Waals surface area contributed by atoms with Gasteiger partial charge >= 0.3 is 11.7 Å². The molecule has 0 bridgehead atoms. The van der Waals surface area contributed by atoms with Crippen molar-refractivity contribution in [3.05, 3.63) is 143 Å². The van der Waals surface area contributed by atoms with E-state index >= 15 is 0 Å². The maximum absolute atomic E-state index is 14.6. The van der Waals surface area contributed by atoms with E-state index in [2.05, 4.69) is 19.2 Å². The summed E-state index contributed by atoms with van der Waals surface area (Å²) in [7, 11) is -4.06. The molecule has 0 aliphatic rings. The van der Waals surface area contributed by atoms with Gasteiger partial charge in [-0.15, -0.1) is 0 Å². The number of carbonyl (C=O) groups is 3. The number of anilines is 1. The third-order valence-electron chi connectivity index (χ3n) is 12.0. The van der Waals surface area contributed by atoms with Crippen LogP contribution in [0.15, 0.2) is 125 Å². The average molecular weight is 910 g/mol. The van der Waals surface area contributed by atoms with Crippen molar-refractivity contribution in [2.24, 2.45) is 11.1 Å². The van der Waals surface area contributed by atoms with Gasteiger partial charge in [-0.1, -0.05) is 135 Å². The van der Waals surface area contributed by atoms with E-state index in [1.54, 1.807) is 70.2 Å². The molecule has 10 nitrogen and oxygen atoms in total. The van der Waals surface area contributed by atoms with Gasteiger partial charge in [-0.3, -0.25) is 14.4 Å². The molecule has 5 rings (SSSR count). The number of ketones is 1. The molecule has 0 heterocycles. The van der Waals surface area contributed by atoms with Crippen molar-refractivity contribution in [1.82, 2.24) is 0 Å². The van der Waals surface area contributed by atoms with Gasteiger partial charge in [-0.05, 0) is 101 Å². The fraction of sp³-hybridized carbons (Fsp3) is 0.365. The monoisotopic (exact) mass is 908 g/mol. The highest BCUT2D eigenvalue weighted by atomic mass is 35.5. The zero-order valence-electron chi connectivity index (χ0n) is 38.5. The van der Waals surface area contributed by atoms with Crippen LogP contribution >= 0.6 is 11.6 Å². The lowest BCUT2D eigenvalue weighted by Gasteiger charge is -2.37. The van der Waals surface area contributed by atoms with E-state index in [1.165, 1.54) is 30.3 Å². The van der Waals surface area contributed by atoms with Crippen molar-refractivity contribution in [1.29, 1.82) is 0 Å². The van der Waals surface area contributed by atoms with Crippen molar-refractivity contribution < 1.29 is 37.0 Å². The van der Waals surface area contributed by atoms with Gasteiger partial charge in [-0.25, -0.2) is 8.42 Å². The van der Waals surface area contributed by atoms with Gasteiger partial charge in [0.15, 0.2) is 5.78 Å². The Kier molecular flexibility index (Phi) is 15.1. The summed E-state index contributed by atoms with van der Waals surface area (Å²) in [5, 5.41) is 2.84. The molecule has 5 aromatic rings. The van der Waals surface area contributed by atoms with Crippen LogP contribution < -0.4 is 25.3 Å². The maximum atomic E-state index is 14.6. The Balaban J connectivity index is 1.58. The van der Waals surface area contributed by atoms with Crippen molar-refractivity contribution >= 4 is 44.7 Å². The van der Waals surface area contributed by atoms with Crippen LogP contribution in [-0.2, 0) is 41.7 Å². The Bertz CT molecular complexity index is 2570. The first-order chi connectivity index (χ1) is 30.0. The topological polar surface area (TPSA) is 151 Å². The number of nitrogens with one attached hydrogen (secondary N) is 1. The normalized spacial score (nSPS) is 13.6. The van der Waals surface area contributed by atoms with E-state index in [1.807, 2.05) is 70.2 Å². The predicted molar refractivity (Wildman–Crippen MR) is 253 cm³/mol. The van der Waals surface area contributed by atoms with Crippen LogP contribution in [0.5, 0.6) is 17.2 Å². The molecule has 0 radical (unpaired) electrons. The first kappa shape index (κ1) is 49.4. The molecule has 12 heteroatoms. The number of hydrogen-bond donors (Lipinski definition) is 2. The van der Waals surface area contributed by atoms with Gasteiger partial charge < -0.3 is 25.3 Å². The molecule has 0 aliphatic carbocycles. The Labute approximate surface area is 383 Å². The van der Waals surface area contributed by atoms with Crippen LogP contribution in [0.4, 0.5) is 5.69 Å². The molecule has 3 N–H and O–H groups in total. The second-order valence-corrected chi connectivity index (χ2v) is 20.7. The van der Waals surface area contributed by atoms with Crippen LogP contribution in [0.1, 0.15) is 117 Å². The fourth-order valence-corrected chi connectivity index (χ4v) is 8.67. The number of sulfone groups is 1. The van der Waals surface area contributed by atoms with Crippen molar-refractivity contribution in [3.63, 3.8) is 0 Å². The Morgan fingerprint density at radius 1 is 0.672 bits per heavy atom. The predicted octanol–water partition coefficient (Wildman–Crippen LogP) is 11.5. The number of rotatable bonds is 19. The van der Waals surface area contributed by atoms with Gasteiger partial charge in [0, 0.05) is 23.1 Å². The summed E-state index contributed by atoms with van der Waals surface area (Å²) in [5.74, 6) is -4.67. The van der Waals surface area contributed by atoms with Crippen LogP contribution in [0.2, 0.25) is 5.02 Å². The number of amides is 2. The summed E-state index contributed by atoms with van der Waals surface area (Å²) >= 11 is 6.78. The number of ether oxygens (including phenoxy) is 3. The van der Waals surface area contributed by atoms with Gasteiger partial charge in [0.05, 0.1) is 14.8 Å². The molecule has 0 fully saturated rings. The lowest BCUT2D eigenvalue weighted by molar-refractivity contribution is -0.164. The van der Waals surface area contributed by atoms with E-state index in [4.69, 9.17) is 31.5 Å². The summed E-state index contributed by atoms with van der Waals surface area (Å²) in [6, 6.07) is 32.2. The maximum Gasteiger partial charge on any atom is 0.331 e. The second kappa shape index (κ2) is 19.6. The second-order valence-electron chi connectivity index (χ2n) is 18.3. The largest absolute Gasteiger partial charge is 0.489 e. The molecule has 0 saturated carbocycles. The summed E-state index contributed by atoms with van der Waals surface area (Å²) < 4.78 is 46.6. The molecule has 2 atom stereocenters. The third kappa shape index (κ3) is 11.0. The summed E-state index contributed by atoms with van der Waals surface area (Å²) in [5.41, 5.74) is 7.55. The fourth-order valence-electron chi connectivity index (χ4n) is 7.10. The highest BCUT2D eigenvalue weighted by Gasteiger charge is 2.45. The number of nitrogens with two attached hydrogens (primary N) is 1. The van der Waals surface area contributed by atoms with E-state index in [-0.39, 0.29) is 38.5 Å². The molecule has 64 heavy (non-hydrogen) atoms. The number of benzene rings is 5. The smallest absolute Gasteiger partial charge is 0.331 e. The molecule has 340 valence electrons. The molecule has 2 unspecified atom stereocenters. The number of carbonyl (C=O) groups excluding carboxylic acids is 3. The third-order valence-corrected chi connectivity index (χ3v) is 14.0. The summed E-state index contributed by atoms with van der Waals surface area (Å²) in [4.78, 5) is 42.7. The Morgan fingerprint density at radius 2 is 1.22 bits per heavy atom. The molecule has 0 saturated heterocycles. The minimum atomic E-state index is -4.06. The van der Waals surface area contributed by atoms with Crippen molar-refractivity contribution in [2.45, 2.75) is 127 Å². The summed E-state index contributed by atoms with van der Waals surface area (Å²) in [6.07, 6.45) is 1.21. The highest BCUT2D eigenvalue weighted by molar-refractivity contribution is 7.91. The molecule has 0 aliphatic heterocycles. The van der Waals surface area contributed by atoms with Gasteiger partial charge in [0.2, 0.25) is 15.7 Å². The number of primary amides is 1. The van der Waals surface area contributed by atoms with E-state index in [9.17, 15) is 22.8 Å². The first-order valence-electron chi connectivity index (χ1n) is 21.6.